The van der Waals surface area contributed by atoms with Gasteiger partial charge < -0.3 is 5.43 Å². The van der Waals surface area contributed by atoms with Gasteiger partial charge in [0, 0.05) is 12.1 Å². The third-order valence-electron chi connectivity index (χ3n) is 3.75. The third-order valence-corrected chi connectivity index (χ3v) is 3.75. The van der Waals surface area contributed by atoms with E-state index in [0.717, 1.165) is 5.56 Å². The van der Waals surface area contributed by atoms with E-state index in [1.807, 2.05) is 24.3 Å². The normalized spacial score (nSPS) is 17.4. The zero-order chi connectivity index (χ0) is 16.8. The van der Waals surface area contributed by atoms with Crippen LogP contribution < -0.4 is 16.3 Å². The van der Waals surface area contributed by atoms with Crippen molar-refractivity contribution < 1.29 is 9.59 Å². The minimum atomic E-state index is -0.367. The average molecular weight is 314 g/mol. The molecule has 2 amide bonds. The maximum atomic E-state index is 11.7. The molecule has 1 heterocycles. The van der Waals surface area contributed by atoms with Crippen LogP contribution in [0.3, 0.4) is 0 Å². The minimum Gasteiger partial charge on any atom is -0.303 e. The molecule has 1 fully saturated rings. The van der Waals surface area contributed by atoms with Gasteiger partial charge in [-0.1, -0.05) is 44.7 Å². The monoisotopic (exact) mass is 314 g/mol. The van der Waals surface area contributed by atoms with Crippen LogP contribution in [-0.2, 0) is 9.59 Å². The molecule has 1 aliphatic heterocycles. The molecule has 6 heteroatoms. The number of nitrogens with one attached hydrogen (secondary N) is 3. The van der Waals surface area contributed by atoms with E-state index in [9.17, 15) is 9.59 Å². The van der Waals surface area contributed by atoms with Gasteiger partial charge in [-0.3, -0.25) is 15.0 Å². The van der Waals surface area contributed by atoms with Gasteiger partial charge in [-0.15, -0.1) is 0 Å². The molecule has 3 N–H and O–H groups in total. The number of hydrogen-bond acceptors (Lipinski definition) is 4. The molecule has 2 rings (SSSR count). The van der Waals surface area contributed by atoms with E-state index in [1.54, 1.807) is 6.21 Å². The summed E-state index contributed by atoms with van der Waals surface area (Å²) in [5.41, 5.74) is 10.4. The molecule has 0 bridgehead atoms. The van der Waals surface area contributed by atoms with Gasteiger partial charge in [0.2, 0.25) is 11.8 Å². The zero-order valence-corrected chi connectivity index (χ0v) is 13.4. The lowest BCUT2D eigenvalue weighted by molar-refractivity contribution is -0.123. The van der Waals surface area contributed by atoms with E-state index in [4.69, 9.17) is 0 Å². The second kappa shape index (κ2) is 7.58. The molecule has 0 radical (unpaired) electrons. The fourth-order valence-electron chi connectivity index (χ4n) is 2.26. The Balaban J connectivity index is 1.77. The summed E-state index contributed by atoms with van der Waals surface area (Å²) in [6, 6.07) is 8.02. The number of amides is 2. The van der Waals surface area contributed by atoms with E-state index < -0.39 is 0 Å². The van der Waals surface area contributed by atoms with Gasteiger partial charge in [0.15, 0.2) is 0 Å². The van der Waals surface area contributed by atoms with Crippen molar-refractivity contribution in [2.45, 2.75) is 32.6 Å². The Kier molecular flexibility index (Phi) is 5.51. The Labute approximate surface area is 136 Å². The van der Waals surface area contributed by atoms with E-state index in [1.165, 1.54) is 5.56 Å². The number of carbonyl (C=O) groups excluding carboxylic acids is 2. The predicted molar refractivity (Wildman–Crippen MR) is 89.4 cm³/mol. The number of nitrogens with zero attached hydrogens (tertiary/aromatic N) is 1. The molecule has 1 aromatic carbocycles. The average Bonchev–Trinajstić information content (AvgIpc) is 2.84. The van der Waals surface area contributed by atoms with Crippen LogP contribution in [-0.4, -0.2) is 18.0 Å². The minimum absolute atomic E-state index is 0.156. The largest absolute Gasteiger partial charge is 0.303 e. The molecule has 1 aliphatic rings. The highest BCUT2D eigenvalue weighted by atomic mass is 16.2. The molecule has 1 saturated heterocycles. The number of hydrogen-bond donors (Lipinski definition) is 3. The van der Waals surface area contributed by atoms with Gasteiger partial charge in [-0.2, -0.15) is 5.10 Å². The smallest absolute Gasteiger partial charge is 0.247 e. The fourth-order valence-corrected chi connectivity index (χ4v) is 2.26. The summed E-state index contributed by atoms with van der Waals surface area (Å²) < 4.78 is 0. The van der Waals surface area contributed by atoms with Gasteiger partial charge in [-0.05, 0) is 23.5 Å². The number of hydrazine groups is 1. The molecule has 6 nitrogen and oxygen atoms in total. The SMILES string of the molecule is C=C1NNC(=O)C1CCC(=O)NN=Cc1ccc(C(C)C)cc1. The standard InChI is InChI=1S/C17H22N4O2/c1-11(2)14-6-4-13(5-7-14)10-18-20-16(22)9-8-15-12(3)19-21-17(15)23/h4-7,10-11,15,19H,3,8-9H2,1-2H3,(H,20,22)(H,21,23). The van der Waals surface area contributed by atoms with Crippen LogP contribution in [0.25, 0.3) is 0 Å². The lowest BCUT2D eigenvalue weighted by Crippen LogP contribution is -2.26. The van der Waals surface area contributed by atoms with E-state index in [0.29, 0.717) is 18.0 Å². The van der Waals surface area contributed by atoms with E-state index in [2.05, 4.69) is 41.8 Å². The van der Waals surface area contributed by atoms with Crippen molar-refractivity contribution in [3.8, 4) is 0 Å². The van der Waals surface area contributed by atoms with Crippen LogP contribution in [0.15, 0.2) is 41.6 Å². The Morgan fingerprint density at radius 3 is 2.61 bits per heavy atom. The summed E-state index contributed by atoms with van der Waals surface area (Å²) in [5.74, 6) is -0.268. The number of benzene rings is 1. The molecule has 122 valence electrons. The Morgan fingerprint density at radius 2 is 2.04 bits per heavy atom. The summed E-state index contributed by atoms with van der Waals surface area (Å²) in [4.78, 5) is 23.2. The molecule has 0 aromatic heterocycles. The highest BCUT2D eigenvalue weighted by Crippen LogP contribution is 2.17. The fraction of sp³-hybridized carbons (Fsp3) is 0.353. The van der Waals surface area contributed by atoms with Crippen molar-refractivity contribution in [1.82, 2.24) is 16.3 Å². The van der Waals surface area contributed by atoms with Crippen molar-refractivity contribution in [1.29, 1.82) is 0 Å². The second-order valence-corrected chi connectivity index (χ2v) is 5.85. The number of hydrazone groups is 1. The molecule has 0 spiro atoms. The van der Waals surface area contributed by atoms with Gasteiger partial charge in [-0.25, -0.2) is 5.43 Å². The lowest BCUT2D eigenvalue weighted by Gasteiger charge is -2.06. The number of carbonyl (C=O) groups is 2. The first-order valence-corrected chi connectivity index (χ1v) is 7.64. The zero-order valence-electron chi connectivity index (χ0n) is 13.4. The summed E-state index contributed by atoms with van der Waals surface area (Å²) in [7, 11) is 0. The van der Waals surface area contributed by atoms with Gasteiger partial charge in [0.1, 0.15) is 0 Å². The summed E-state index contributed by atoms with van der Waals surface area (Å²) in [6.45, 7) is 8.00. The second-order valence-electron chi connectivity index (χ2n) is 5.85. The van der Waals surface area contributed by atoms with Crippen molar-refractivity contribution in [2.24, 2.45) is 11.0 Å². The van der Waals surface area contributed by atoms with Crippen molar-refractivity contribution in [3.63, 3.8) is 0 Å². The molecule has 1 unspecified atom stereocenters. The van der Waals surface area contributed by atoms with Crippen molar-refractivity contribution in [3.05, 3.63) is 47.7 Å². The van der Waals surface area contributed by atoms with Gasteiger partial charge in [0.05, 0.1) is 12.1 Å². The Morgan fingerprint density at radius 1 is 1.35 bits per heavy atom. The first kappa shape index (κ1) is 16.7. The highest BCUT2D eigenvalue weighted by molar-refractivity contribution is 5.85. The summed E-state index contributed by atoms with van der Waals surface area (Å²) in [5, 5.41) is 3.94. The molecule has 0 aliphatic carbocycles. The Bertz CT molecular complexity index is 604. The number of rotatable bonds is 6. The topological polar surface area (TPSA) is 82.6 Å². The van der Waals surface area contributed by atoms with Crippen LogP contribution in [0.4, 0.5) is 0 Å². The van der Waals surface area contributed by atoms with Gasteiger partial charge in [0.25, 0.3) is 0 Å². The molecule has 1 aromatic rings. The summed E-state index contributed by atoms with van der Waals surface area (Å²) in [6.07, 6.45) is 2.22. The van der Waals surface area contributed by atoms with Gasteiger partial charge >= 0.3 is 0 Å². The molecular weight excluding hydrogens is 292 g/mol. The maximum Gasteiger partial charge on any atom is 0.247 e. The molecule has 23 heavy (non-hydrogen) atoms. The van der Waals surface area contributed by atoms with Crippen molar-refractivity contribution in [2.75, 3.05) is 0 Å². The van der Waals surface area contributed by atoms with Crippen LogP contribution in [0.2, 0.25) is 0 Å². The third kappa shape index (κ3) is 4.67. The van der Waals surface area contributed by atoms with Crippen LogP contribution in [0, 0.1) is 5.92 Å². The lowest BCUT2D eigenvalue weighted by atomic mass is 10.0. The summed E-state index contributed by atoms with van der Waals surface area (Å²) >= 11 is 0. The maximum absolute atomic E-state index is 11.7. The highest BCUT2D eigenvalue weighted by Gasteiger charge is 2.27. The van der Waals surface area contributed by atoms with Crippen LogP contribution in [0.1, 0.15) is 43.7 Å². The molecular formula is C17H22N4O2. The first-order chi connectivity index (χ1) is 11.0. The van der Waals surface area contributed by atoms with Crippen LogP contribution >= 0.6 is 0 Å². The van der Waals surface area contributed by atoms with Crippen LogP contribution in [0.5, 0.6) is 0 Å². The van der Waals surface area contributed by atoms with Crippen molar-refractivity contribution >= 4 is 18.0 Å². The first-order valence-electron chi connectivity index (χ1n) is 7.64. The Hall–Kier alpha value is -2.63. The molecule has 1 atom stereocenters. The van der Waals surface area contributed by atoms with E-state index >= 15 is 0 Å². The molecule has 0 saturated carbocycles. The van der Waals surface area contributed by atoms with E-state index in [-0.39, 0.29) is 24.2 Å². The predicted octanol–water partition coefficient (Wildman–Crippen LogP) is 1.80. The quantitative estimate of drug-likeness (QED) is 0.553.